The second-order valence-electron chi connectivity index (χ2n) is 5.54. The van der Waals surface area contributed by atoms with Crippen molar-refractivity contribution in [3.8, 4) is 0 Å². The first kappa shape index (κ1) is 14.2. The summed E-state index contributed by atoms with van der Waals surface area (Å²) < 4.78 is 0. The van der Waals surface area contributed by atoms with Gasteiger partial charge < -0.3 is 5.73 Å². The highest BCUT2D eigenvalue weighted by molar-refractivity contribution is 6.33. The summed E-state index contributed by atoms with van der Waals surface area (Å²) in [7, 11) is 0. The summed E-state index contributed by atoms with van der Waals surface area (Å²) in [4.78, 5) is 0. The van der Waals surface area contributed by atoms with Crippen LogP contribution in [-0.2, 0) is 6.42 Å². The van der Waals surface area contributed by atoms with Gasteiger partial charge in [0.15, 0.2) is 0 Å². The minimum absolute atomic E-state index is 0.102. The molecule has 0 bridgehead atoms. The summed E-state index contributed by atoms with van der Waals surface area (Å²) in [6.07, 6.45) is 9.46. The van der Waals surface area contributed by atoms with Crippen LogP contribution in [0.25, 0.3) is 0 Å². The zero-order valence-electron chi connectivity index (χ0n) is 10.7. The Morgan fingerprint density at radius 2 is 1.61 bits per heavy atom. The SMILES string of the molecule is NC1(Cc2cc(Cl)ccc2Cl)CCCCCCC1. The Morgan fingerprint density at radius 3 is 2.28 bits per heavy atom. The van der Waals surface area contributed by atoms with E-state index in [2.05, 4.69) is 0 Å². The molecule has 100 valence electrons. The van der Waals surface area contributed by atoms with Crippen molar-refractivity contribution < 1.29 is 0 Å². The van der Waals surface area contributed by atoms with E-state index < -0.39 is 0 Å². The van der Waals surface area contributed by atoms with Crippen LogP contribution < -0.4 is 5.73 Å². The molecule has 1 fully saturated rings. The highest BCUT2D eigenvalue weighted by Crippen LogP contribution is 2.31. The highest BCUT2D eigenvalue weighted by atomic mass is 35.5. The van der Waals surface area contributed by atoms with E-state index in [0.29, 0.717) is 0 Å². The molecule has 0 atom stereocenters. The Hall–Kier alpha value is -0.240. The Labute approximate surface area is 120 Å². The molecule has 0 spiro atoms. The van der Waals surface area contributed by atoms with Crippen molar-refractivity contribution >= 4 is 23.2 Å². The Bertz CT molecular complexity index is 395. The number of nitrogens with two attached hydrogens (primary N) is 1. The molecule has 1 aromatic carbocycles. The molecule has 0 radical (unpaired) electrons. The maximum Gasteiger partial charge on any atom is 0.0439 e. The van der Waals surface area contributed by atoms with E-state index in [9.17, 15) is 0 Å². The second-order valence-corrected chi connectivity index (χ2v) is 6.39. The summed E-state index contributed by atoms with van der Waals surface area (Å²) in [5, 5.41) is 1.52. The van der Waals surface area contributed by atoms with Gasteiger partial charge in [0.2, 0.25) is 0 Å². The van der Waals surface area contributed by atoms with Gasteiger partial charge in [-0.2, -0.15) is 0 Å². The molecule has 2 N–H and O–H groups in total. The van der Waals surface area contributed by atoms with Gasteiger partial charge in [-0.1, -0.05) is 55.3 Å². The molecule has 1 saturated carbocycles. The molecule has 2 rings (SSSR count). The summed E-state index contributed by atoms with van der Waals surface area (Å²) in [5.74, 6) is 0. The third-order valence-electron chi connectivity index (χ3n) is 3.90. The number of hydrogen-bond acceptors (Lipinski definition) is 1. The monoisotopic (exact) mass is 285 g/mol. The summed E-state index contributed by atoms with van der Waals surface area (Å²) in [6.45, 7) is 0. The van der Waals surface area contributed by atoms with Crippen molar-refractivity contribution in [1.82, 2.24) is 0 Å². The van der Waals surface area contributed by atoms with Crippen LogP contribution in [0.5, 0.6) is 0 Å². The molecule has 1 aliphatic carbocycles. The smallest absolute Gasteiger partial charge is 0.0439 e. The maximum atomic E-state index is 6.58. The lowest BCUT2D eigenvalue weighted by Crippen LogP contribution is -2.42. The van der Waals surface area contributed by atoms with Gasteiger partial charge in [0.25, 0.3) is 0 Å². The molecule has 0 amide bonds. The number of benzene rings is 1. The molecule has 0 aliphatic heterocycles. The van der Waals surface area contributed by atoms with E-state index in [0.717, 1.165) is 34.9 Å². The Kier molecular flexibility index (Phi) is 4.94. The van der Waals surface area contributed by atoms with Crippen molar-refractivity contribution in [2.24, 2.45) is 5.73 Å². The lowest BCUT2D eigenvalue weighted by atomic mass is 9.80. The Balaban J connectivity index is 2.11. The van der Waals surface area contributed by atoms with Gasteiger partial charge >= 0.3 is 0 Å². The topological polar surface area (TPSA) is 26.0 Å². The lowest BCUT2D eigenvalue weighted by Gasteiger charge is -2.32. The standard InChI is InChI=1S/C15H21Cl2N/c16-13-6-7-14(17)12(10-13)11-15(18)8-4-2-1-3-5-9-15/h6-7,10H,1-5,8-9,11,18H2. The molecule has 1 aromatic rings. The third-order valence-corrected chi connectivity index (χ3v) is 4.50. The molecule has 1 aliphatic rings. The van der Waals surface area contributed by atoms with Gasteiger partial charge in [0.1, 0.15) is 0 Å². The van der Waals surface area contributed by atoms with Crippen molar-refractivity contribution in [1.29, 1.82) is 0 Å². The first-order valence-electron chi connectivity index (χ1n) is 6.82. The van der Waals surface area contributed by atoms with E-state index in [1.807, 2.05) is 18.2 Å². The molecule has 1 nitrogen and oxygen atoms in total. The fourth-order valence-corrected chi connectivity index (χ4v) is 3.22. The van der Waals surface area contributed by atoms with Gasteiger partial charge in [0, 0.05) is 15.6 Å². The predicted molar refractivity (Wildman–Crippen MR) is 79.4 cm³/mol. The fourth-order valence-electron chi connectivity index (χ4n) is 2.84. The van der Waals surface area contributed by atoms with Crippen molar-refractivity contribution in [2.45, 2.75) is 56.9 Å². The van der Waals surface area contributed by atoms with E-state index >= 15 is 0 Å². The molecule has 0 heterocycles. The van der Waals surface area contributed by atoms with Crippen molar-refractivity contribution in [2.75, 3.05) is 0 Å². The normalized spacial score (nSPS) is 20.2. The number of hydrogen-bond donors (Lipinski definition) is 1. The average Bonchev–Trinajstić information content (AvgIpc) is 2.30. The van der Waals surface area contributed by atoms with Crippen LogP contribution >= 0.6 is 23.2 Å². The van der Waals surface area contributed by atoms with Gasteiger partial charge in [-0.05, 0) is 43.0 Å². The van der Waals surface area contributed by atoms with Gasteiger partial charge in [-0.25, -0.2) is 0 Å². The molecule has 0 aromatic heterocycles. The van der Waals surface area contributed by atoms with E-state index in [-0.39, 0.29) is 5.54 Å². The minimum Gasteiger partial charge on any atom is -0.325 e. The number of halogens is 2. The zero-order valence-corrected chi connectivity index (χ0v) is 12.2. The van der Waals surface area contributed by atoms with Gasteiger partial charge in [-0.15, -0.1) is 0 Å². The lowest BCUT2D eigenvalue weighted by molar-refractivity contribution is 0.314. The molecule has 3 heteroatoms. The van der Waals surface area contributed by atoms with Gasteiger partial charge in [0.05, 0.1) is 0 Å². The van der Waals surface area contributed by atoms with Crippen LogP contribution in [0.2, 0.25) is 10.0 Å². The van der Waals surface area contributed by atoms with E-state index in [4.69, 9.17) is 28.9 Å². The predicted octanol–water partition coefficient (Wildman–Crippen LogP) is 4.98. The first-order valence-corrected chi connectivity index (χ1v) is 7.57. The molecule has 0 saturated heterocycles. The molecular weight excluding hydrogens is 265 g/mol. The summed E-state index contributed by atoms with van der Waals surface area (Å²) >= 11 is 12.3. The van der Waals surface area contributed by atoms with Crippen LogP contribution in [0.15, 0.2) is 18.2 Å². The zero-order chi connectivity index (χ0) is 13.0. The largest absolute Gasteiger partial charge is 0.325 e. The van der Waals surface area contributed by atoms with Crippen LogP contribution in [0, 0.1) is 0 Å². The fraction of sp³-hybridized carbons (Fsp3) is 0.600. The quantitative estimate of drug-likeness (QED) is 0.815. The second kappa shape index (κ2) is 6.27. The molecular formula is C15H21Cl2N. The highest BCUT2D eigenvalue weighted by Gasteiger charge is 2.26. The van der Waals surface area contributed by atoms with Gasteiger partial charge in [-0.3, -0.25) is 0 Å². The van der Waals surface area contributed by atoms with Crippen LogP contribution in [0.1, 0.15) is 50.5 Å². The molecule has 18 heavy (non-hydrogen) atoms. The van der Waals surface area contributed by atoms with E-state index in [1.165, 1.54) is 32.1 Å². The maximum absolute atomic E-state index is 6.58. The number of rotatable bonds is 2. The average molecular weight is 286 g/mol. The Morgan fingerprint density at radius 1 is 1.00 bits per heavy atom. The van der Waals surface area contributed by atoms with Crippen LogP contribution in [0.4, 0.5) is 0 Å². The van der Waals surface area contributed by atoms with Crippen molar-refractivity contribution in [3.05, 3.63) is 33.8 Å². The van der Waals surface area contributed by atoms with Crippen LogP contribution in [-0.4, -0.2) is 5.54 Å². The van der Waals surface area contributed by atoms with E-state index in [1.54, 1.807) is 0 Å². The first-order chi connectivity index (χ1) is 8.59. The van der Waals surface area contributed by atoms with Crippen LogP contribution in [0.3, 0.4) is 0 Å². The minimum atomic E-state index is -0.102. The third kappa shape index (κ3) is 3.88. The van der Waals surface area contributed by atoms with Crippen molar-refractivity contribution in [3.63, 3.8) is 0 Å². The molecule has 0 unspecified atom stereocenters. The summed E-state index contributed by atoms with van der Waals surface area (Å²) in [6, 6.07) is 5.65. The summed E-state index contributed by atoms with van der Waals surface area (Å²) in [5.41, 5.74) is 7.57.